The highest BCUT2D eigenvalue weighted by molar-refractivity contribution is 6.36. The summed E-state index contributed by atoms with van der Waals surface area (Å²) < 4.78 is 0. The van der Waals surface area contributed by atoms with Gasteiger partial charge in [-0.2, -0.15) is 0 Å². The Hall–Kier alpha value is -2.97. The van der Waals surface area contributed by atoms with Crippen LogP contribution in [0.1, 0.15) is 10.4 Å². The highest BCUT2D eigenvalue weighted by Crippen LogP contribution is 2.28. The third kappa shape index (κ3) is 3.49. The number of hydrogen-bond donors (Lipinski definition) is 2. The number of carbonyl (C=O) groups is 1. The summed E-state index contributed by atoms with van der Waals surface area (Å²) >= 11 is 6.20. The summed E-state index contributed by atoms with van der Waals surface area (Å²) in [6, 6.07) is 7.19. The number of likely N-dealkylation sites (N-methyl/N-ethyl adjacent to an activating group) is 1. The number of aromatic amines is 1. The average Bonchev–Trinajstić information content (AvgIpc) is 2.61. The number of amides is 1. The van der Waals surface area contributed by atoms with Crippen LogP contribution in [-0.4, -0.2) is 47.9 Å². The fraction of sp³-hybridized carbons (Fsp3) is 0.222. The molecule has 0 bridgehead atoms. The molecule has 1 amide bonds. The molecule has 0 atom stereocenters. The number of fused-ring (bicyclic) bond motifs is 2. The van der Waals surface area contributed by atoms with E-state index in [1.807, 2.05) is 19.0 Å². The number of nitro groups is 1. The second-order valence-corrected chi connectivity index (χ2v) is 6.72. The average molecular weight is 389 g/mol. The number of nitrogens with one attached hydrogen (secondary N) is 2. The number of carbonyl (C=O) groups excluding carboxylic acids is 1. The van der Waals surface area contributed by atoms with E-state index >= 15 is 0 Å². The number of nitrogens with zero attached hydrogens (tertiary/aromatic N) is 2. The molecule has 0 saturated heterocycles. The molecule has 0 aliphatic rings. The normalized spacial score (nSPS) is 11.3. The molecule has 0 spiro atoms. The van der Waals surface area contributed by atoms with Crippen LogP contribution in [0.5, 0.6) is 0 Å². The van der Waals surface area contributed by atoms with Crippen molar-refractivity contribution in [3.63, 3.8) is 0 Å². The number of aromatic nitrogens is 1. The Labute approximate surface area is 158 Å². The number of rotatable bonds is 5. The van der Waals surface area contributed by atoms with Gasteiger partial charge in [-0.05, 0) is 32.3 Å². The summed E-state index contributed by atoms with van der Waals surface area (Å²) in [6.45, 7) is 1.05. The molecule has 2 aromatic carbocycles. The van der Waals surface area contributed by atoms with Crippen LogP contribution >= 0.6 is 11.6 Å². The van der Waals surface area contributed by atoms with Gasteiger partial charge in [0.1, 0.15) is 5.52 Å². The van der Waals surface area contributed by atoms with E-state index in [4.69, 9.17) is 11.6 Å². The third-order valence-corrected chi connectivity index (χ3v) is 4.52. The first kappa shape index (κ1) is 18.8. The molecular formula is C18H17ClN4O4. The van der Waals surface area contributed by atoms with Gasteiger partial charge in [-0.1, -0.05) is 17.7 Å². The Balaban J connectivity index is 2.25. The van der Waals surface area contributed by atoms with Gasteiger partial charge in [0.2, 0.25) is 0 Å². The Morgan fingerprint density at radius 3 is 2.67 bits per heavy atom. The molecule has 140 valence electrons. The van der Waals surface area contributed by atoms with Crippen molar-refractivity contribution in [3.8, 4) is 0 Å². The molecular weight excluding hydrogens is 372 g/mol. The Morgan fingerprint density at radius 2 is 2.00 bits per heavy atom. The van der Waals surface area contributed by atoms with Crippen molar-refractivity contribution >= 4 is 45.0 Å². The molecule has 0 fully saturated rings. The van der Waals surface area contributed by atoms with Crippen molar-refractivity contribution in [2.75, 3.05) is 27.2 Å². The number of pyridine rings is 1. The van der Waals surface area contributed by atoms with Gasteiger partial charge in [-0.25, -0.2) is 0 Å². The maximum atomic E-state index is 12.9. The fourth-order valence-corrected chi connectivity index (χ4v) is 3.12. The number of benzene rings is 2. The number of para-hydroxylation sites is 1. The van der Waals surface area contributed by atoms with Crippen molar-refractivity contribution in [3.05, 3.63) is 61.3 Å². The number of H-pyrrole nitrogens is 1. The summed E-state index contributed by atoms with van der Waals surface area (Å²) in [4.78, 5) is 41.0. The van der Waals surface area contributed by atoms with Crippen molar-refractivity contribution < 1.29 is 9.72 Å². The van der Waals surface area contributed by atoms with Gasteiger partial charge in [0, 0.05) is 19.2 Å². The molecule has 1 aromatic heterocycles. The van der Waals surface area contributed by atoms with Crippen LogP contribution in [0.2, 0.25) is 5.02 Å². The van der Waals surface area contributed by atoms with E-state index in [0.29, 0.717) is 13.1 Å². The fourth-order valence-electron chi connectivity index (χ4n) is 2.88. The predicted molar refractivity (Wildman–Crippen MR) is 105 cm³/mol. The standard InChI is InChI=1S/C18H17ClN4O4/c1-22(2)9-8-20-18(25)11-6-7-12(19)14-16(11)21-15-10(17(14)24)4-3-5-13(15)23(26)27/h3-7H,8-9H2,1-2H3,(H,20,25)(H,21,24). The lowest BCUT2D eigenvalue weighted by atomic mass is 10.0. The second-order valence-electron chi connectivity index (χ2n) is 6.32. The van der Waals surface area contributed by atoms with Crippen molar-refractivity contribution in [2.45, 2.75) is 0 Å². The number of non-ortho nitro benzene ring substituents is 1. The van der Waals surface area contributed by atoms with Gasteiger partial charge in [0.05, 0.1) is 31.8 Å². The number of hydrogen-bond acceptors (Lipinski definition) is 5. The lowest BCUT2D eigenvalue weighted by Crippen LogP contribution is -2.31. The van der Waals surface area contributed by atoms with Gasteiger partial charge in [-0.3, -0.25) is 19.7 Å². The Bertz CT molecular complexity index is 1120. The summed E-state index contributed by atoms with van der Waals surface area (Å²) in [5.41, 5.74) is -0.271. The predicted octanol–water partition coefficient (Wildman–Crippen LogP) is 2.53. The van der Waals surface area contributed by atoms with Crippen LogP contribution in [0, 0.1) is 10.1 Å². The molecule has 0 unspecified atom stereocenters. The molecule has 1 heterocycles. The maximum Gasteiger partial charge on any atom is 0.293 e. The third-order valence-electron chi connectivity index (χ3n) is 4.20. The van der Waals surface area contributed by atoms with Gasteiger partial charge in [-0.15, -0.1) is 0 Å². The zero-order chi connectivity index (χ0) is 19.7. The zero-order valence-electron chi connectivity index (χ0n) is 14.7. The minimum absolute atomic E-state index is 0.0598. The summed E-state index contributed by atoms with van der Waals surface area (Å²) in [5, 5.41) is 14.5. The lowest BCUT2D eigenvalue weighted by molar-refractivity contribution is -0.383. The van der Waals surface area contributed by atoms with Crippen LogP contribution in [0.25, 0.3) is 21.8 Å². The van der Waals surface area contributed by atoms with E-state index in [0.717, 1.165) is 0 Å². The molecule has 9 heteroatoms. The molecule has 3 rings (SSSR count). The molecule has 0 saturated carbocycles. The molecule has 8 nitrogen and oxygen atoms in total. The largest absolute Gasteiger partial charge is 0.351 e. The van der Waals surface area contributed by atoms with Crippen LogP contribution in [0.4, 0.5) is 5.69 Å². The SMILES string of the molecule is CN(C)CCNC(=O)c1ccc(Cl)c2c(=O)c3cccc([N+](=O)[O-])c3[nH]c12. The van der Waals surface area contributed by atoms with Crippen molar-refractivity contribution in [1.29, 1.82) is 0 Å². The minimum Gasteiger partial charge on any atom is -0.351 e. The van der Waals surface area contributed by atoms with E-state index in [2.05, 4.69) is 10.3 Å². The molecule has 27 heavy (non-hydrogen) atoms. The van der Waals surface area contributed by atoms with E-state index in [1.54, 1.807) is 0 Å². The zero-order valence-corrected chi connectivity index (χ0v) is 15.5. The highest BCUT2D eigenvalue weighted by atomic mass is 35.5. The second kappa shape index (κ2) is 7.34. The van der Waals surface area contributed by atoms with Crippen LogP contribution < -0.4 is 10.7 Å². The smallest absolute Gasteiger partial charge is 0.293 e. The van der Waals surface area contributed by atoms with Gasteiger partial charge >= 0.3 is 0 Å². The highest BCUT2D eigenvalue weighted by Gasteiger charge is 2.20. The summed E-state index contributed by atoms with van der Waals surface area (Å²) in [7, 11) is 3.76. The van der Waals surface area contributed by atoms with Gasteiger partial charge in [0.25, 0.3) is 11.6 Å². The summed E-state index contributed by atoms with van der Waals surface area (Å²) in [5.74, 6) is -0.396. The maximum absolute atomic E-state index is 12.9. The van der Waals surface area contributed by atoms with Crippen molar-refractivity contribution in [1.82, 2.24) is 15.2 Å². The first-order chi connectivity index (χ1) is 12.8. The minimum atomic E-state index is -0.578. The monoisotopic (exact) mass is 388 g/mol. The van der Waals surface area contributed by atoms with Crippen molar-refractivity contribution in [2.24, 2.45) is 0 Å². The topological polar surface area (TPSA) is 108 Å². The first-order valence-corrected chi connectivity index (χ1v) is 8.53. The molecule has 0 aliphatic carbocycles. The number of halogens is 1. The van der Waals surface area contributed by atoms with Gasteiger partial charge in [0.15, 0.2) is 5.43 Å². The van der Waals surface area contributed by atoms with Gasteiger partial charge < -0.3 is 15.2 Å². The lowest BCUT2D eigenvalue weighted by Gasteiger charge is -2.12. The number of nitro benzene ring substituents is 1. The van der Waals surface area contributed by atoms with Crippen LogP contribution in [-0.2, 0) is 0 Å². The molecule has 2 N–H and O–H groups in total. The molecule has 0 aliphatic heterocycles. The first-order valence-electron chi connectivity index (χ1n) is 8.15. The Kier molecular flexibility index (Phi) is 5.11. The Morgan fingerprint density at radius 1 is 1.26 bits per heavy atom. The van der Waals surface area contributed by atoms with E-state index in [-0.39, 0.29) is 38.1 Å². The van der Waals surface area contributed by atoms with E-state index < -0.39 is 16.3 Å². The molecule has 3 aromatic rings. The van der Waals surface area contributed by atoms with E-state index in [1.165, 1.54) is 30.3 Å². The quantitative estimate of drug-likeness (QED) is 0.396. The van der Waals surface area contributed by atoms with Crippen LogP contribution in [0.15, 0.2) is 35.1 Å². The van der Waals surface area contributed by atoms with Crippen LogP contribution in [0.3, 0.4) is 0 Å². The molecule has 0 radical (unpaired) electrons. The summed E-state index contributed by atoms with van der Waals surface area (Å²) in [6.07, 6.45) is 0. The van der Waals surface area contributed by atoms with E-state index in [9.17, 15) is 19.7 Å².